The second-order valence-electron chi connectivity index (χ2n) is 5.46. The van der Waals surface area contributed by atoms with Crippen LogP contribution in [0.5, 0.6) is 0 Å². The van der Waals surface area contributed by atoms with Crippen LogP contribution >= 0.6 is 0 Å². The van der Waals surface area contributed by atoms with Gasteiger partial charge in [0.25, 0.3) is 5.91 Å². The summed E-state index contributed by atoms with van der Waals surface area (Å²) in [5.41, 5.74) is -0.409. The molecule has 1 N–H and O–H groups in total. The molecule has 1 unspecified atom stereocenters. The first-order valence-corrected chi connectivity index (χ1v) is 10.5. The van der Waals surface area contributed by atoms with Gasteiger partial charge < -0.3 is 10.1 Å². The average Bonchev–Trinajstić information content (AvgIpc) is 2.88. The van der Waals surface area contributed by atoms with Crippen LogP contribution in [0.2, 0.25) is 0 Å². The fourth-order valence-electron chi connectivity index (χ4n) is 2.42. The average molecular weight is 379 g/mol. The zero-order valence-electron chi connectivity index (χ0n) is 13.0. The number of ether oxygens (including phenoxy) is 1. The molecule has 1 atom stereocenters. The van der Waals surface area contributed by atoms with Gasteiger partial charge in [-0.3, -0.25) is 4.79 Å². The Morgan fingerprint density at radius 3 is 2.71 bits per heavy atom. The number of rotatable bonds is 6. The van der Waals surface area contributed by atoms with Crippen molar-refractivity contribution in [3.63, 3.8) is 0 Å². The highest BCUT2D eigenvalue weighted by molar-refractivity contribution is 7.96. The molecule has 0 bridgehead atoms. The Balaban J connectivity index is 2.28. The Labute approximate surface area is 140 Å². The van der Waals surface area contributed by atoms with Gasteiger partial charge in [-0.05, 0) is 24.6 Å². The first-order chi connectivity index (χ1) is 11.2. The van der Waals surface area contributed by atoms with Crippen molar-refractivity contribution in [2.24, 2.45) is 0 Å². The van der Waals surface area contributed by atoms with Gasteiger partial charge in [0.2, 0.25) is 0 Å². The Hall–Kier alpha value is -1.52. The largest absolute Gasteiger partial charge is 0.383 e. The summed E-state index contributed by atoms with van der Waals surface area (Å²) in [4.78, 5) is 11.7. The van der Waals surface area contributed by atoms with Crippen LogP contribution in [-0.2, 0) is 24.4 Å². The van der Waals surface area contributed by atoms with Gasteiger partial charge in [0.05, 0.1) is 33.8 Å². The van der Waals surface area contributed by atoms with E-state index in [1.165, 1.54) is 7.11 Å². The molecule has 134 valence electrons. The second kappa shape index (κ2) is 7.16. The van der Waals surface area contributed by atoms with E-state index in [1.54, 1.807) is 0 Å². The lowest BCUT2D eigenvalue weighted by atomic mass is 10.2. The third-order valence-electron chi connectivity index (χ3n) is 3.73. The molecule has 0 aliphatic carbocycles. The molecule has 1 aliphatic heterocycles. The minimum atomic E-state index is -3.96. The van der Waals surface area contributed by atoms with Crippen LogP contribution in [0.1, 0.15) is 16.8 Å². The van der Waals surface area contributed by atoms with E-state index < -0.39 is 48.0 Å². The highest BCUT2D eigenvalue weighted by Gasteiger charge is 2.38. The Bertz CT molecular complexity index is 835. The summed E-state index contributed by atoms with van der Waals surface area (Å²) in [7, 11) is -5.90. The van der Waals surface area contributed by atoms with Crippen LogP contribution in [0.4, 0.5) is 4.39 Å². The van der Waals surface area contributed by atoms with E-state index in [2.05, 4.69) is 5.32 Å². The molecule has 0 aromatic heterocycles. The topological polar surface area (TPSA) is 107 Å². The predicted octanol–water partition coefficient (Wildman–Crippen LogP) is 0.163. The Morgan fingerprint density at radius 1 is 1.42 bits per heavy atom. The van der Waals surface area contributed by atoms with Gasteiger partial charge in [-0.2, -0.15) is 0 Å². The second-order valence-corrected chi connectivity index (χ2v) is 9.92. The van der Waals surface area contributed by atoms with Crippen LogP contribution in [0.3, 0.4) is 0 Å². The van der Waals surface area contributed by atoms with Crippen molar-refractivity contribution >= 4 is 25.6 Å². The molecule has 10 heteroatoms. The molecule has 1 aromatic rings. The van der Waals surface area contributed by atoms with Gasteiger partial charge in [-0.25, -0.2) is 21.2 Å². The van der Waals surface area contributed by atoms with E-state index in [0.717, 1.165) is 18.2 Å². The van der Waals surface area contributed by atoms with Gasteiger partial charge >= 0.3 is 0 Å². The number of sulfone groups is 2. The number of methoxy groups -OCH3 is 1. The van der Waals surface area contributed by atoms with Crippen molar-refractivity contribution in [3.05, 3.63) is 29.6 Å². The van der Waals surface area contributed by atoms with Crippen molar-refractivity contribution < 1.29 is 30.8 Å². The number of halogens is 1. The number of carbonyl (C=O) groups is 1. The molecule has 1 fully saturated rings. The highest BCUT2D eigenvalue weighted by Crippen LogP contribution is 2.26. The summed E-state index contributed by atoms with van der Waals surface area (Å²) in [6, 6.07) is 2.88. The van der Waals surface area contributed by atoms with E-state index in [-0.39, 0.29) is 30.2 Å². The molecule has 0 radical (unpaired) electrons. The first-order valence-electron chi connectivity index (χ1n) is 7.18. The number of hydrogen-bond donors (Lipinski definition) is 1. The minimum Gasteiger partial charge on any atom is -0.383 e. The maximum absolute atomic E-state index is 13.8. The third-order valence-corrected chi connectivity index (χ3v) is 7.90. The third kappa shape index (κ3) is 4.11. The fourth-order valence-corrected chi connectivity index (χ4v) is 6.80. The van der Waals surface area contributed by atoms with E-state index in [4.69, 9.17) is 4.74 Å². The molecule has 0 spiro atoms. The van der Waals surface area contributed by atoms with E-state index in [9.17, 15) is 26.0 Å². The fraction of sp³-hybridized carbons (Fsp3) is 0.500. The summed E-state index contributed by atoms with van der Waals surface area (Å²) in [5.74, 6) is -2.27. The van der Waals surface area contributed by atoms with Gasteiger partial charge in [0.1, 0.15) is 5.82 Å². The van der Waals surface area contributed by atoms with Crippen LogP contribution in [0.15, 0.2) is 23.1 Å². The van der Waals surface area contributed by atoms with Crippen LogP contribution in [0, 0.1) is 5.82 Å². The summed E-state index contributed by atoms with van der Waals surface area (Å²) in [6.07, 6.45) is -0.00257. The van der Waals surface area contributed by atoms with Crippen LogP contribution in [-0.4, -0.2) is 59.8 Å². The smallest absolute Gasteiger partial charge is 0.254 e. The molecular formula is C14H18FNO6S2. The Morgan fingerprint density at radius 2 is 2.12 bits per heavy atom. The zero-order chi connectivity index (χ0) is 18.0. The van der Waals surface area contributed by atoms with E-state index in [1.807, 2.05) is 0 Å². The molecule has 0 saturated carbocycles. The molecule has 1 saturated heterocycles. The SMILES string of the molecule is COCCNC(=O)c1cc(S(=O)(=O)C2CCS(=O)(=O)C2)ccc1F. The number of carbonyl (C=O) groups excluding carboxylic acids is 1. The molecule has 1 amide bonds. The first kappa shape index (κ1) is 18.8. The monoisotopic (exact) mass is 379 g/mol. The van der Waals surface area contributed by atoms with E-state index in [0.29, 0.717) is 0 Å². The summed E-state index contributed by atoms with van der Waals surface area (Å²) < 4.78 is 66.6. The zero-order valence-corrected chi connectivity index (χ0v) is 14.6. The van der Waals surface area contributed by atoms with Gasteiger partial charge in [-0.1, -0.05) is 0 Å². The molecule has 1 aliphatic rings. The van der Waals surface area contributed by atoms with Crippen LogP contribution < -0.4 is 5.32 Å². The van der Waals surface area contributed by atoms with Gasteiger partial charge in [0.15, 0.2) is 19.7 Å². The molecule has 2 rings (SSSR count). The maximum atomic E-state index is 13.8. The standard InChI is InChI=1S/C14H18FNO6S2/c1-22-6-5-16-14(17)12-8-10(2-3-13(12)15)24(20,21)11-4-7-23(18,19)9-11/h2-3,8,11H,4-7,9H2,1H3,(H,16,17). The molecule has 1 aromatic carbocycles. The normalized spacial score (nSPS) is 20.0. The predicted molar refractivity (Wildman–Crippen MR) is 84.9 cm³/mol. The molecular weight excluding hydrogens is 361 g/mol. The lowest BCUT2D eigenvalue weighted by Crippen LogP contribution is -2.28. The lowest BCUT2D eigenvalue weighted by molar-refractivity contribution is 0.0933. The van der Waals surface area contributed by atoms with Crippen LogP contribution in [0.25, 0.3) is 0 Å². The number of benzene rings is 1. The number of nitrogens with one attached hydrogen (secondary N) is 1. The van der Waals surface area contributed by atoms with Gasteiger partial charge in [-0.15, -0.1) is 0 Å². The molecule has 7 nitrogen and oxygen atoms in total. The minimum absolute atomic E-state index is 0.00257. The maximum Gasteiger partial charge on any atom is 0.254 e. The van der Waals surface area contributed by atoms with Crippen molar-refractivity contribution in [1.29, 1.82) is 0 Å². The number of amides is 1. The van der Waals surface area contributed by atoms with Crippen molar-refractivity contribution in [3.8, 4) is 0 Å². The highest BCUT2D eigenvalue weighted by atomic mass is 32.2. The van der Waals surface area contributed by atoms with Crippen molar-refractivity contribution in [1.82, 2.24) is 5.32 Å². The van der Waals surface area contributed by atoms with Gasteiger partial charge in [0, 0.05) is 13.7 Å². The lowest BCUT2D eigenvalue weighted by Gasteiger charge is -2.12. The van der Waals surface area contributed by atoms with Crippen molar-refractivity contribution in [2.45, 2.75) is 16.6 Å². The van der Waals surface area contributed by atoms with E-state index >= 15 is 0 Å². The number of hydrogen-bond acceptors (Lipinski definition) is 6. The quantitative estimate of drug-likeness (QED) is 0.558. The Kier molecular flexibility index (Phi) is 5.61. The van der Waals surface area contributed by atoms with Crippen molar-refractivity contribution in [2.75, 3.05) is 31.8 Å². The summed E-state index contributed by atoms with van der Waals surface area (Å²) in [6.45, 7) is 0.373. The summed E-state index contributed by atoms with van der Waals surface area (Å²) in [5, 5.41) is 1.34. The molecule has 24 heavy (non-hydrogen) atoms. The summed E-state index contributed by atoms with van der Waals surface area (Å²) >= 11 is 0. The molecule has 1 heterocycles.